The normalized spacial score (nSPS) is 11.9. The maximum atomic E-state index is 11.8. The van der Waals surface area contributed by atoms with Crippen molar-refractivity contribution in [1.82, 2.24) is 4.72 Å². The summed E-state index contributed by atoms with van der Waals surface area (Å²) in [5, 5.41) is 10.1. The van der Waals surface area contributed by atoms with Gasteiger partial charge in [0.15, 0.2) is 4.21 Å². The van der Waals surface area contributed by atoms with Crippen molar-refractivity contribution < 1.29 is 27.9 Å². The zero-order valence-electron chi connectivity index (χ0n) is 10.5. The predicted molar refractivity (Wildman–Crippen MR) is 67.8 cm³/mol. The minimum atomic E-state index is -4.25. The van der Waals surface area contributed by atoms with Gasteiger partial charge in [-0.15, -0.1) is 11.3 Å². The Hall–Kier alpha value is -1.61. The van der Waals surface area contributed by atoms with E-state index in [0.29, 0.717) is 11.3 Å². The van der Waals surface area contributed by atoms with Crippen LogP contribution in [0.5, 0.6) is 0 Å². The molecule has 0 unspecified atom stereocenters. The highest BCUT2D eigenvalue weighted by atomic mass is 32.2. The molecule has 0 saturated carbocycles. The molecule has 0 fully saturated rings. The number of sulfonamides is 1. The van der Waals surface area contributed by atoms with Gasteiger partial charge in [-0.05, 0) is 32.2 Å². The molecule has 1 rings (SSSR count). The third-order valence-electron chi connectivity index (χ3n) is 1.72. The van der Waals surface area contributed by atoms with Gasteiger partial charge in [0.05, 0.1) is 5.56 Å². The van der Waals surface area contributed by atoms with Gasteiger partial charge >= 0.3 is 12.1 Å². The molecule has 1 amide bonds. The van der Waals surface area contributed by atoms with Crippen LogP contribution in [0.2, 0.25) is 0 Å². The number of carbonyl (C=O) groups excluding carboxylic acids is 1. The molecule has 0 spiro atoms. The molecule has 0 radical (unpaired) electrons. The van der Waals surface area contributed by atoms with E-state index < -0.39 is 31.9 Å². The summed E-state index contributed by atoms with van der Waals surface area (Å²) in [4.78, 5) is 22.2. The molecule has 106 valence electrons. The first-order valence-corrected chi connectivity index (χ1v) is 7.46. The Labute approximate surface area is 114 Å². The monoisotopic (exact) mass is 307 g/mol. The van der Waals surface area contributed by atoms with Crippen molar-refractivity contribution in [3.05, 3.63) is 17.0 Å². The Morgan fingerprint density at radius 2 is 1.95 bits per heavy atom. The first-order chi connectivity index (χ1) is 8.53. The van der Waals surface area contributed by atoms with E-state index in [2.05, 4.69) is 0 Å². The Morgan fingerprint density at radius 1 is 1.37 bits per heavy atom. The Morgan fingerprint density at radius 3 is 2.42 bits per heavy atom. The van der Waals surface area contributed by atoms with Crippen LogP contribution in [0.3, 0.4) is 0 Å². The summed E-state index contributed by atoms with van der Waals surface area (Å²) >= 11 is 0.706. The van der Waals surface area contributed by atoms with Crippen LogP contribution in [0, 0.1) is 0 Å². The summed E-state index contributed by atoms with van der Waals surface area (Å²) in [7, 11) is -4.25. The van der Waals surface area contributed by atoms with Crippen LogP contribution in [-0.2, 0) is 14.8 Å². The van der Waals surface area contributed by atoms with Crippen molar-refractivity contribution in [2.24, 2.45) is 0 Å². The molecular weight excluding hydrogens is 294 g/mol. The molecule has 0 aliphatic heterocycles. The summed E-state index contributed by atoms with van der Waals surface area (Å²) in [6.07, 6.45) is -1.16. The lowest BCUT2D eigenvalue weighted by molar-refractivity contribution is 0.0568. The lowest BCUT2D eigenvalue weighted by Gasteiger charge is -2.19. The fourth-order valence-electron chi connectivity index (χ4n) is 1.12. The van der Waals surface area contributed by atoms with Gasteiger partial charge in [-0.2, -0.15) is 0 Å². The van der Waals surface area contributed by atoms with Crippen molar-refractivity contribution in [3.8, 4) is 0 Å². The minimum Gasteiger partial charge on any atom is -0.478 e. The Kier molecular flexibility index (Phi) is 4.21. The first-order valence-electron chi connectivity index (χ1n) is 5.09. The zero-order chi connectivity index (χ0) is 14.8. The summed E-state index contributed by atoms with van der Waals surface area (Å²) in [5.41, 5.74) is -1.24. The van der Waals surface area contributed by atoms with Gasteiger partial charge in [-0.1, -0.05) is 0 Å². The maximum absolute atomic E-state index is 11.8. The summed E-state index contributed by atoms with van der Waals surface area (Å²) in [6.45, 7) is 4.73. The minimum absolute atomic E-state index is 0.388. The molecule has 0 atom stereocenters. The van der Waals surface area contributed by atoms with Crippen LogP contribution in [0.1, 0.15) is 31.1 Å². The molecule has 1 aromatic heterocycles. The number of carboxylic acids is 1. The topological polar surface area (TPSA) is 110 Å². The number of hydrogen-bond acceptors (Lipinski definition) is 6. The summed E-state index contributed by atoms with van der Waals surface area (Å²) in [5.74, 6) is -1.38. The van der Waals surface area contributed by atoms with E-state index in [1.165, 1.54) is 5.38 Å². The van der Waals surface area contributed by atoms with Gasteiger partial charge in [0.2, 0.25) is 0 Å². The van der Waals surface area contributed by atoms with E-state index in [0.717, 1.165) is 6.07 Å². The molecule has 0 aliphatic carbocycles. The second kappa shape index (κ2) is 5.17. The summed E-state index contributed by atoms with van der Waals surface area (Å²) < 4.78 is 29.7. The third-order valence-corrected chi connectivity index (χ3v) is 4.52. The quantitative estimate of drug-likeness (QED) is 0.878. The molecule has 9 heteroatoms. The zero-order valence-corrected chi connectivity index (χ0v) is 12.1. The van der Waals surface area contributed by atoms with Crippen LogP contribution in [-0.4, -0.2) is 31.2 Å². The Balaban J connectivity index is 2.97. The van der Waals surface area contributed by atoms with Gasteiger partial charge in [-0.3, -0.25) is 0 Å². The van der Waals surface area contributed by atoms with Gasteiger partial charge in [0, 0.05) is 0 Å². The van der Waals surface area contributed by atoms with E-state index >= 15 is 0 Å². The van der Waals surface area contributed by atoms with E-state index in [1.54, 1.807) is 25.5 Å². The summed E-state index contributed by atoms with van der Waals surface area (Å²) in [6, 6.07) is 1.15. The van der Waals surface area contributed by atoms with Gasteiger partial charge < -0.3 is 9.84 Å². The molecule has 1 heterocycles. The number of amides is 1. The lowest BCUT2D eigenvalue weighted by Crippen LogP contribution is -2.36. The predicted octanol–water partition coefficient (Wildman–Crippen LogP) is 1.66. The van der Waals surface area contributed by atoms with Crippen molar-refractivity contribution in [2.75, 3.05) is 0 Å². The lowest BCUT2D eigenvalue weighted by atomic mass is 10.2. The van der Waals surface area contributed by atoms with Crippen molar-refractivity contribution in [1.29, 1.82) is 0 Å². The SMILES string of the molecule is CC(C)(C)OC(=O)NS(=O)(=O)c1sccc1C(=O)O. The number of ether oxygens (including phenoxy) is 1. The average Bonchev–Trinajstić information content (AvgIpc) is 2.60. The van der Waals surface area contributed by atoms with Crippen molar-refractivity contribution in [3.63, 3.8) is 0 Å². The van der Waals surface area contributed by atoms with Gasteiger partial charge in [0.25, 0.3) is 10.0 Å². The van der Waals surface area contributed by atoms with Crippen LogP contribution < -0.4 is 4.72 Å². The molecule has 7 nitrogen and oxygen atoms in total. The molecular formula is C10H13NO6S2. The number of carboxylic acid groups (broad SMARTS) is 1. The van der Waals surface area contributed by atoms with Crippen molar-refractivity contribution in [2.45, 2.75) is 30.6 Å². The molecule has 19 heavy (non-hydrogen) atoms. The van der Waals surface area contributed by atoms with Crippen LogP contribution in [0.15, 0.2) is 15.7 Å². The fraction of sp³-hybridized carbons (Fsp3) is 0.400. The van der Waals surface area contributed by atoms with Crippen LogP contribution in [0.25, 0.3) is 0 Å². The van der Waals surface area contributed by atoms with Gasteiger partial charge in [-0.25, -0.2) is 22.7 Å². The third kappa shape index (κ3) is 4.21. The molecule has 1 aromatic rings. The van der Waals surface area contributed by atoms with E-state index in [-0.39, 0.29) is 5.56 Å². The molecule has 0 saturated heterocycles. The van der Waals surface area contributed by atoms with E-state index in [9.17, 15) is 18.0 Å². The number of rotatable bonds is 3. The maximum Gasteiger partial charge on any atom is 0.421 e. The number of hydrogen-bond donors (Lipinski definition) is 2. The molecule has 2 N–H and O–H groups in total. The second-order valence-electron chi connectivity index (χ2n) is 4.53. The van der Waals surface area contributed by atoms with Crippen LogP contribution >= 0.6 is 11.3 Å². The second-order valence-corrected chi connectivity index (χ2v) is 7.33. The highest BCUT2D eigenvalue weighted by Crippen LogP contribution is 2.22. The number of aromatic carboxylic acids is 1. The molecule has 0 aromatic carbocycles. The highest BCUT2D eigenvalue weighted by Gasteiger charge is 2.28. The number of thiophene rings is 1. The average molecular weight is 307 g/mol. The van der Waals surface area contributed by atoms with Crippen LogP contribution in [0.4, 0.5) is 4.79 Å². The Bertz CT molecular complexity index is 596. The van der Waals surface area contributed by atoms with Gasteiger partial charge in [0.1, 0.15) is 5.60 Å². The van der Waals surface area contributed by atoms with E-state index in [1.807, 2.05) is 0 Å². The molecule has 0 bridgehead atoms. The largest absolute Gasteiger partial charge is 0.478 e. The highest BCUT2D eigenvalue weighted by molar-refractivity contribution is 7.92. The number of nitrogens with one attached hydrogen (secondary N) is 1. The smallest absolute Gasteiger partial charge is 0.421 e. The first kappa shape index (κ1) is 15.4. The number of carbonyl (C=O) groups is 2. The van der Waals surface area contributed by atoms with Crippen molar-refractivity contribution >= 4 is 33.4 Å². The fourth-order valence-corrected chi connectivity index (χ4v) is 3.32. The van der Waals surface area contributed by atoms with E-state index in [4.69, 9.17) is 9.84 Å². The molecule has 0 aliphatic rings. The standard InChI is InChI=1S/C10H13NO6S2/c1-10(2,3)17-9(14)11-19(15,16)8-6(7(12)13)4-5-18-8/h4-5H,1-3H3,(H,11,14)(H,12,13).